The van der Waals surface area contributed by atoms with Crippen molar-refractivity contribution in [1.82, 2.24) is 4.90 Å². The SMILES string of the molecule is CC(=O)c1ccc(-c2ccc(C=C3SC(=S)N(C4CCCC(C(=O)O)C4)C3=O)o2)cc1. The van der Waals surface area contributed by atoms with Crippen LogP contribution >= 0.6 is 24.0 Å². The molecule has 8 heteroatoms. The Morgan fingerprint density at radius 3 is 2.61 bits per heavy atom. The summed E-state index contributed by atoms with van der Waals surface area (Å²) in [5.74, 6) is -0.290. The Morgan fingerprint density at radius 1 is 1.19 bits per heavy atom. The summed E-state index contributed by atoms with van der Waals surface area (Å²) in [5, 5.41) is 9.33. The van der Waals surface area contributed by atoms with Crippen molar-refractivity contribution in [3.05, 3.63) is 52.6 Å². The number of hydrogen-bond acceptors (Lipinski definition) is 6. The topological polar surface area (TPSA) is 87.8 Å². The number of Topliss-reactive ketones (excluding diaryl/α,β-unsaturated/α-hetero) is 1. The molecule has 4 rings (SSSR count). The number of ketones is 1. The maximum Gasteiger partial charge on any atom is 0.306 e. The first-order valence-electron chi connectivity index (χ1n) is 10.0. The summed E-state index contributed by atoms with van der Waals surface area (Å²) in [5.41, 5.74) is 1.46. The maximum absolute atomic E-state index is 13.0. The molecule has 1 aromatic carbocycles. The minimum atomic E-state index is -0.815. The van der Waals surface area contributed by atoms with Crippen LogP contribution in [-0.2, 0) is 9.59 Å². The number of carboxylic acids is 1. The minimum Gasteiger partial charge on any atom is -0.481 e. The van der Waals surface area contributed by atoms with Gasteiger partial charge in [0.05, 0.1) is 10.8 Å². The first-order chi connectivity index (χ1) is 14.8. The highest BCUT2D eigenvalue weighted by Crippen LogP contribution is 2.39. The summed E-state index contributed by atoms with van der Waals surface area (Å²) in [6, 6.07) is 10.6. The summed E-state index contributed by atoms with van der Waals surface area (Å²) in [6.07, 6.45) is 4.26. The predicted octanol–water partition coefficient (Wildman–Crippen LogP) is 4.99. The highest BCUT2D eigenvalue weighted by atomic mass is 32.2. The third-order valence-corrected chi connectivity index (χ3v) is 6.99. The number of carbonyl (C=O) groups is 3. The van der Waals surface area contributed by atoms with E-state index in [0.717, 1.165) is 18.4 Å². The van der Waals surface area contributed by atoms with Gasteiger partial charge in [-0.15, -0.1) is 0 Å². The van der Waals surface area contributed by atoms with Crippen molar-refractivity contribution >= 4 is 52.0 Å². The largest absolute Gasteiger partial charge is 0.481 e. The minimum absolute atomic E-state index is 0.00125. The summed E-state index contributed by atoms with van der Waals surface area (Å²) < 4.78 is 6.34. The van der Waals surface area contributed by atoms with Gasteiger partial charge in [0, 0.05) is 23.2 Å². The van der Waals surface area contributed by atoms with Gasteiger partial charge in [0.2, 0.25) is 0 Å². The smallest absolute Gasteiger partial charge is 0.306 e. The number of thiocarbonyl (C=S) groups is 1. The molecule has 1 aliphatic carbocycles. The third kappa shape index (κ3) is 4.50. The molecule has 2 aliphatic rings. The van der Waals surface area contributed by atoms with E-state index in [0.29, 0.717) is 39.2 Å². The van der Waals surface area contributed by atoms with Gasteiger partial charge in [-0.05, 0) is 38.3 Å². The molecular weight excluding hydrogens is 434 g/mol. The van der Waals surface area contributed by atoms with Gasteiger partial charge >= 0.3 is 5.97 Å². The Balaban J connectivity index is 1.51. The Kier molecular flexibility index (Phi) is 6.11. The highest BCUT2D eigenvalue weighted by Gasteiger charge is 2.40. The van der Waals surface area contributed by atoms with Crippen molar-refractivity contribution < 1.29 is 23.9 Å². The zero-order valence-electron chi connectivity index (χ0n) is 16.9. The van der Waals surface area contributed by atoms with Crippen LogP contribution in [0.15, 0.2) is 45.7 Å². The van der Waals surface area contributed by atoms with E-state index in [2.05, 4.69) is 0 Å². The number of nitrogens with zero attached hydrogens (tertiary/aromatic N) is 1. The molecule has 1 N–H and O–H groups in total. The zero-order valence-corrected chi connectivity index (χ0v) is 18.5. The number of carboxylic acid groups (broad SMARTS) is 1. The van der Waals surface area contributed by atoms with Crippen LogP contribution in [0.4, 0.5) is 0 Å². The van der Waals surface area contributed by atoms with Crippen molar-refractivity contribution in [2.24, 2.45) is 5.92 Å². The average Bonchev–Trinajstić information content (AvgIpc) is 3.32. The highest BCUT2D eigenvalue weighted by molar-refractivity contribution is 8.26. The van der Waals surface area contributed by atoms with Crippen LogP contribution in [0.3, 0.4) is 0 Å². The molecule has 0 spiro atoms. The van der Waals surface area contributed by atoms with E-state index in [1.54, 1.807) is 29.2 Å². The molecule has 2 atom stereocenters. The van der Waals surface area contributed by atoms with Gasteiger partial charge < -0.3 is 9.52 Å². The van der Waals surface area contributed by atoms with Crippen LogP contribution in [0.5, 0.6) is 0 Å². The molecular formula is C23H21NO5S2. The van der Waals surface area contributed by atoms with E-state index in [9.17, 15) is 19.5 Å². The number of aliphatic carboxylic acids is 1. The third-order valence-electron chi connectivity index (χ3n) is 5.66. The molecule has 1 saturated carbocycles. The second kappa shape index (κ2) is 8.80. The van der Waals surface area contributed by atoms with Gasteiger partial charge in [-0.3, -0.25) is 19.3 Å². The number of furan rings is 1. The van der Waals surface area contributed by atoms with Crippen LogP contribution in [0, 0.1) is 5.92 Å². The van der Waals surface area contributed by atoms with Gasteiger partial charge in [-0.1, -0.05) is 54.7 Å². The second-order valence-electron chi connectivity index (χ2n) is 7.74. The molecule has 0 bridgehead atoms. The van der Waals surface area contributed by atoms with Crippen LogP contribution in [0.1, 0.15) is 48.7 Å². The second-order valence-corrected chi connectivity index (χ2v) is 9.42. The van der Waals surface area contributed by atoms with Crippen LogP contribution in [0.2, 0.25) is 0 Å². The molecule has 0 radical (unpaired) electrons. The number of amides is 1. The molecule has 160 valence electrons. The van der Waals surface area contributed by atoms with Gasteiger partial charge in [0.15, 0.2) is 5.78 Å². The number of rotatable bonds is 5. The van der Waals surface area contributed by atoms with E-state index < -0.39 is 11.9 Å². The first kappa shape index (κ1) is 21.5. The Hall–Kier alpha value is -2.71. The summed E-state index contributed by atoms with van der Waals surface area (Å²) >= 11 is 6.65. The fourth-order valence-corrected chi connectivity index (χ4v) is 5.38. The van der Waals surface area contributed by atoms with E-state index in [4.69, 9.17) is 16.6 Å². The molecule has 6 nitrogen and oxygen atoms in total. The summed E-state index contributed by atoms with van der Waals surface area (Å²) in [7, 11) is 0. The molecule has 2 fully saturated rings. The van der Waals surface area contributed by atoms with Gasteiger partial charge in [-0.2, -0.15) is 0 Å². The Morgan fingerprint density at radius 2 is 1.94 bits per heavy atom. The Labute approximate surface area is 189 Å². The lowest BCUT2D eigenvalue weighted by Gasteiger charge is -2.32. The lowest BCUT2D eigenvalue weighted by molar-refractivity contribution is -0.144. The molecule has 2 unspecified atom stereocenters. The summed E-state index contributed by atoms with van der Waals surface area (Å²) in [4.78, 5) is 37.8. The molecule has 1 saturated heterocycles. The van der Waals surface area contributed by atoms with Crippen molar-refractivity contribution in [1.29, 1.82) is 0 Å². The molecule has 1 aromatic heterocycles. The average molecular weight is 456 g/mol. The number of carbonyl (C=O) groups excluding carboxylic acids is 2. The van der Waals surface area contributed by atoms with Crippen LogP contribution in [-0.4, -0.2) is 38.0 Å². The lowest BCUT2D eigenvalue weighted by Crippen LogP contribution is -2.42. The maximum atomic E-state index is 13.0. The van der Waals surface area contributed by atoms with E-state index >= 15 is 0 Å². The molecule has 1 aliphatic heterocycles. The Bertz CT molecular complexity index is 1090. The monoisotopic (exact) mass is 455 g/mol. The van der Waals surface area contributed by atoms with Crippen molar-refractivity contribution in [3.63, 3.8) is 0 Å². The molecule has 1 amide bonds. The fourth-order valence-electron chi connectivity index (χ4n) is 4.00. The van der Waals surface area contributed by atoms with E-state index in [1.807, 2.05) is 18.2 Å². The molecule has 2 heterocycles. The number of hydrogen-bond donors (Lipinski definition) is 1. The molecule has 31 heavy (non-hydrogen) atoms. The number of benzene rings is 1. The summed E-state index contributed by atoms with van der Waals surface area (Å²) in [6.45, 7) is 1.52. The number of thioether (sulfide) groups is 1. The van der Waals surface area contributed by atoms with Crippen molar-refractivity contribution in [2.75, 3.05) is 0 Å². The normalized spacial score (nSPS) is 22.9. The zero-order chi connectivity index (χ0) is 22.1. The quantitative estimate of drug-likeness (QED) is 0.386. The molecule has 2 aromatic rings. The van der Waals surface area contributed by atoms with Crippen molar-refractivity contribution in [3.8, 4) is 11.3 Å². The van der Waals surface area contributed by atoms with E-state index in [-0.39, 0.29) is 17.7 Å². The van der Waals surface area contributed by atoms with Crippen molar-refractivity contribution in [2.45, 2.75) is 38.6 Å². The van der Waals surface area contributed by atoms with Gasteiger partial charge in [0.25, 0.3) is 5.91 Å². The van der Waals surface area contributed by atoms with E-state index in [1.165, 1.54) is 18.7 Å². The lowest BCUT2D eigenvalue weighted by atomic mass is 9.85. The van der Waals surface area contributed by atoms with Crippen LogP contribution in [0.25, 0.3) is 17.4 Å². The van der Waals surface area contributed by atoms with Gasteiger partial charge in [-0.25, -0.2) is 0 Å². The fraction of sp³-hybridized carbons (Fsp3) is 0.304. The van der Waals surface area contributed by atoms with Crippen LogP contribution < -0.4 is 0 Å². The standard InChI is InChI=1S/C23H21NO5S2/c1-13(25)14-5-7-15(8-6-14)19-10-9-18(29-19)12-20-21(26)24(23(30)31-20)17-4-2-3-16(11-17)22(27)28/h5-10,12,16-17H,2-4,11H2,1H3,(H,27,28). The van der Waals surface area contributed by atoms with Gasteiger partial charge in [0.1, 0.15) is 15.8 Å². The predicted molar refractivity (Wildman–Crippen MR) is 123 cm³/mol. The first-order valence-corrected chi connectivity index (χ1v) is 11.3.